The van der Waals surface area contributed by atoms with Gasteiger partial charge < -0.3 is 10.5 Å². The molecule has 1 saturated carbocycles. The van der Waals surface area contributed by atoms with E-state index in [1.807, 2.05) is 6.92 Å². The van der Waals surface area contributed by atoms with Crippen LogP contribution in [0.2, 0.25) is 0 Å². The molecular weight excluding hydrogens is 241 g/mol. The van der Waals surface area contributed by atoms with E-state index in [2.05, 4.69) is 6.92 Å². The lowest BCUT2D eigenvalue weighted by Crippen LogP contribution is -2.47. The summed E-state index contributed by atoms with van der Waals surface area (Å²) in [6.07, 6.45) is 4.37. The first kappa shape index (κ1) is 14.5. The summed E-state index contributed by atoms with van der Waals surface area (Å²) in [5.41, 5.74) is 7.13. The van der Waals surface area contributed by atoms with Crippen molar-refractivity contribution >= 4 is 0 Å². The number of halogens is 1. The SMILES string of the molecule is CCOC1(C(N)c2ccc(F)cc2)CCCC(C)C1. The second-order valence-corrected chi connectivity index (χ2v) is 5.73. The molecule has 1 aromatic carbocycles. The van der Waals surface area contributed by atoms with Crippen LogP contribution in [0.3, 0.4) is 0 Å². The van der Waals surface area contributed by atoms with Crippen molar-refractivity contribution in [3.63, 3.8) is 0 Å². The minimum Gasteiger partial charge on any atom is -0.373 e. The first-order valence-corrected chi connectivity index (χ1v) is 7.22. The lowest BCUT2D eigenvalue weighted by Gasteiger charge is -2.44. The smallest absolute Gasteiger partial charge is 0.123 e. The Bertz CT molecular complexity index is 402. The highest BCUT2D eigenvalue weighted by molar-refractivity contribution is 5.23. The Kier molecular flexibility index (Phi) is 4.58. The monoisotopic (exact) mass is 265 g/mol. The fraction of sp³-hybridized carbons (Fsp3) is 0.625. The summed E-state index contributed by atoms with van der Waals surface area (Å²) < 4.78 is 19.1. The van der Waals surface area contributed by atoms with Gasteiger partial charge in [0.15, 0.2) is 0 Å². The van der Waals surface area contributed by atoms with Gasteiger partial charge in [0, 0.05) is 6.61 Å². The third-order valence-corrected chi connectivity index (χ3v) is 4.22. The van der Waals surface area contributed by atoms with Gasteiger partial charge in [0.05, 0.1) is 11.6 Å². The predicted octanol–water partition coefficient (Wildman–Crippen LogP) is 3.81. The Morgan fingerprint density at radius 2 is 2.11 bits per heavy atom. The molecule has 1 aromatic rings. The molecule has 1 aliphatic carbocycles. The van der Waals surface area contributed by atoms with Crippen LogP contribution in [0.4, 0.5) is 4.39 Å². The first-order valence-electron chi connectivity index (χ1n) is 7.22. The third kappa shape index (κ3) is 3.15. The summed E-state index contributed by atoms with van der Waals surface area (Å²) in [6, 6.07) is 6.32. The van der Waals surface area contributed by atoms with Crippen LogP contribution in [0.25, 0.3) is 0 Å². The molecule has 3 unspecified atom stereocenters. The van der Waals surface area contributed by atoms with Gasteiger partial charge in [-0.25, -0.2) is 4.39 Å². The second kappa shape index (κ2) is 6.02. The van der Waals surface area contributed by atoms with E-state index >= 15 is 0 Å². The number of ether oxygens (including phenoxy) is 1. The van der Waals surface area contributed by atoms with E-state index in [9.17, 15) is 4.39 Å². The fourth-order valence-electron chi connectivity index (χ4n) is 3.31. The Labute approximate surface area is 115 Å². The summed E-state index contributed by atoms with van der Waals surface area (Å²) in [5, 5.41) is 0. The van der Waals surface area contributed by atoms with Crippen LogP contribution in [-0.2, 0) is 4.74 Å². The molecule has 1 aliphatic rings. The molecule has 0 saturated heterocycles. The molecule has 0 aliphatic heterocycles. The highest BCUT2D eigenvalue weighted by atomic mass is 19.1. The normalized spacial score (nSPS) is 29.2. The molecule has 2 nitrogen and oxygen atoms in total. The van der Waals surface area contributed by atoms with Crippen molar-refractivity contribution < 1.29 is 9.13 Å². The van der Waals surface area contributed by atoms with E-state index in [4.69, 9.17) is 10.5 Å². The number of hydrogen-bond acceptors (Lipinski definition) is 2. The van der Waals surface area contributed by atoms with Crippen molar-refractivity contribution in [3.8, 4) is 0 Å². The number of nitrogens with two attached hydrogens (primary N) is 1. The molecule has 1 fully saturated rings. The molecule has 0 spiro atoms. The van der Waals surface area contributed by atoms with E-state index in [0.29, 0.717) is 12.5 Å². The van der Waals surface area contributed by atoms with Crippen molar-refractivity contribution in [2.24, 2.45) is 11.7 Å². The Morgan fingerprint density at radius 1 is 1.42 bits per heavy atom. The predicted molar refractivity (Wildman–Crippen MR) is 75.3 cm³/mol. The molecule has 0 aromatic heterocycles. The summed E-state index contributed by atoms with van der Waals surface area (Å²) in [5.74, 6) is 0.408. The van der Waals surface area contributed by atoms with Gasteiger partial charge in [-0.1, -0.05) is 31.9 Å². The number of benzene rings is 1. The zero-order valence-electron chi connectivity index (χ0n) is 11.9. The van der Waals surface area contributed by atoms with Crippen molar-refractivity contribution in [2.75, 3.05) is 6.61 Å². The van der Waals surface area contributed by atoms with Crippen LogP contribution in [0.15, 0.2) is 24.3 Å². The van der Waals surface area contributed by atoms with Gasteiger partial charge in [-0.3, -0.25) is 0 Å². The number of hydrogen-bond donors (Lipinski definition) is 1. The summed E-state index contributed by atoms with van der Waals surface area (Å²) in [6.45, 7) is 4.93. The van der Waals surface area contributed by atoms with E-state index in [1.54, 1.807) is 12.1 Å². The maximum Gasteiger partial charge on any atom is 0.123 e. The van der Waals surface area contributed by atoms with Crippen LogP contribution < -0.4 is 5.73 Å². The zero-order valence-corrected chi connectivity index (χ0v) is 11.9. The van der Waals surface area contributed by atoms with Crippen LogP contribution >= 0.6 is 0 Å². The highest BCUT2D eigenvalue weighted by Crippen LogP contribution is 2.42. The minimum atomic E-state index is -0.287. The van der Waals surface area contributed by atoms with Crippen LogP contribution in [0.5, 0.6) is 0 Å². The van der Waals surface area contributed by atoms with Gasteiger partial charge in [-0.2, -0.15) is 0 Å². The molecular formula is C16H24FNO. The average molecular weight is 265 g/mol. The van der Waals surface area contributed by atoms with Crippen LogP contribution in [0, 0.1) is 11.7 Å². The molecule has 3 heteroatoms. The standard InChI is InChI=1S/C16H24FNO/c1-3-19-16(10-4-5-12(2)11-16)15(18)13-6-8-14(17)9-7-13/h6-9,12,15H,3-5,10-11,18H2,1-2H3. The maximum absolute atomic E-state index is 13.0. The van der Waals surface area contributed by atoms with Crippen molar-refractivity contribution in [3.05, 3.63) is 35.6 Å². The van der Waals surface area contributed by atoms with Crippen LogP contribution in [0.1, 0.15) is 51.1 Å². The molecule has 0 bridgehead atoms. The summed E-state index contributed by atoms with van der Waals surface area (Å²) >= 11 is 0. The molecule has 106 valence electrons. The summed E-state index contributed by atoms with van der Waals surface area (Å²) in [7, 11) is 0. The lowest BCUT2D eigenvalue weighted by atomic mass is 9.73. The molecule has 3 atom stereocenters. The molecule has 2 rings (SSSR count). The van der Waals surface area contributed by atoms with Gasteiger partial charge in [-0.15, -0.1) is 0 Å². The first-order chi connectivity index (χ1) is 9.07. The maximum atomic E-state index is 13.0. The van der Waals surface area contributed by atoms with Gasteiger partial charge in [-0.05, 0) is 43.4 Å². The van der Waals surface area contributed by atoms with Crippen LogP contribution in [-0.4, -0.2) is 12.2 Å². The van der Waals surface area contributed by atoms with E-state index in [-0.39, 0.29) is 17.5 Å². The fourth-order valence-corrected chi connectivity index (χ4v) is 3.31. The number of rotatable bonds is 4. The van der Waals surface area contributed by atoms with Gasteiger partial charge in [0.2, 0.25) is 0 Å². The van der Waals surface area contributed by atoms with Crippen molar-refractivity contribution in [1.29, 1.82) is 0 Å². The minimum absolute atomic E-state index is 0.184. The summed E-state index contributed by atoms with van der Waals surface area (Å²) in [4.78, 5) is 0. The molecule has 0 heterocycles. The Hall–Kier alpha value is -0.930. The molecule has 0 amide bonds. The second-order valence-electron chi connectivity index (χ2n) is 5.73. The van der Waals surface area contributed by atoms with Gasteiger partial charge >= 0.3 is 0 Å². The quantitative estimate of drug-likeness (QED) is 0.898. The Morgan fingerprint density at radius 3 is 2.68 bits per heavy atom. The molecule has 2 N–H and O–H groups in total. The van der Waals surface area contributed by atoms with Crippen molar-refractivity contribution in [1.82, 2.24) is 0 Å². The molecule has 0 radical (unpaired) electrons. The van der Waals surface area contributed by atoms with E-state index < -0.39 is 0 Å². The van der Waals surface area contributed by atoms with E-state index in [1.165, 1.54) is 18.6 Å². The van der Waals surface area contributed by atoms with Gasteiger partial charge in [0.1, 0.15) is 5.82 Å². The van der Waals surface area contributed by atoms with E-state index in [0.717, 1.165) is 24.8 Å². The largest absolute Gasteiger partial charge is 0.373 e. The van der Waals surface area contributed by atoms with Crippen molar-refractivity contribution in [2.45, 2.75) is 51.2 Å². The zero-order chi connectivity index (χ0) is 13.9. The molecule has 19 heavy (non-hydrogen) atoms. The topological polar surface area (TPSA) is 35.2 Å². The Balaban J connectivity index is 2.24. The lowest BCUT2D eigenvalue weighted by molar-refractivity contribution is -0.0938. The third-order valence-electron chi connectivity index (χ3n) is 4.22. The highest BCUT2D eigenvalue weighted by Gasteiger charge is 2.41. The average Bonchev–Trinajstić information content (AvgIpc) is 2.39. The van der Waals surface area contributed by atoms with Gasteiger partial charge in [0.25, 0.3) is 0 Å².